The molecular weight excluding hydrogens is 344 g/mol. The first-order valence-electron chi connectivity index (χ1n) is 6.08. The smallest absolute Gasteiger partial charge is 0.0107 e. The standard InChI is InChI=1S/C12H30N4.12CH4/c1-13(2)7-9-15(5)11-12-16(6)10-8-14(3)4;;;;;;;;;;;;/h7-12H2,1-6H3;12*1H4. The van der Waals surface area contributed by atoms with Crippen molar-refractivity contribution in [1.29, 1.82) is 0 Å². The van der Waals surface area contributed by atoms with Gasteiger partial charge in [0.25, 0.3) is 0 Å². The average Bonchev–Trinajstić information content (AvgIpc) is 2.20. The second-order valence-corrected chi connectivity index (χ2v) is 5.21. The van der Waals surface area contributed by atoms with Crippen LogP contribution in [0.2, 0.25) is 0 Å². The molecule has 0 heterocycles. The van der Waals surface area contributed by atoms with E-state index >= 15 is 0 Å². The molecule has 0 aliphatic heterocycles. The van der Waals surface area contributed by atoms with Crippen LogP contribution < -0.4 is 0 Å². The average molecular weight is 423 g/mol. The van der Waals surface area contributed by atoms with Gasteiger partial charge in [-0.3, -0.25) is 0 Å². The van der Waals surface area contributed by atoms with Gasteiger partial charge in [0, 0.05) is 39.3 Å². The minimum atomic E-state index is 0. The molecule has 0 atom stereocenters. The van der Waals surface area contributed by atoms with Gasteiger partial charge in [-0.1, -0.05) is 89.1 Å². The summed E-state index contributed by atoms with van der Waals surface area (Å²) in [6.45, 7) is 6.87. The van der Waals surface area contributed by atoms with Crippen LogP contribution in [0.1, 0.15) is 89.1 Å². The SMILES string of the molecule is C.C.C.C.C.C.C.C.C.C.C.C.CN(C)CCN(C)CCN(C)CCN(C)C. The number of rotatable bonds is 9. The highest BCUT2D eigenvalue weighted by Crippen LogP contribution is 1.88. The molecule has 0 bridgehead atoms. The van der Waals surface area contributed by atoms with Crippen LogP contribution in [0.4, 0.5) is 0 Å². The maximum Gasteiger partial charge on any atom is 0.0107 e. The van der Waals surface area contributed by atoms with Crippen molar-refractivity contribution in [3.05, 3.63) is 0 Å². The molecule has 0 N–H and O–H groups in total. The molecule has 0 aliphatic rings. The van der Waals surface area contributed by atoms with Crippen molar-refractivity contribution in [3.8, 4) is 0 Å². The minimum Gasteiger partial charge on any atom is -0.308 e. The maximum absolute atomic E-state index is 2.40. The zero-order valence-electron chi connectivity index (χ0n) is 12.0. The molecule has 0 radical (unpaired) electrons. The van der Waals surface area contributed by atoms with Crippen LogP contribution in [0.15, 0.2) is 0 Å². The molecular formula is C24H78N4. The van der Waals surface area contributed by atoms with E-state index < -0.39 is 0 Å². The van der Waals surface area contributed by atoms with E-state index in [1.807, 2.05) is 0 Å². The molecule has 194 valence electrons. The van der Waals surface area contributed by atoms with Crippen LogP contribution >= 0.6 is 0 Å². The summed E-state index contributed by atoms with van der Waals surface area (Å²) in [6, 6.07) is 0. The summed E-state index contributed by atoms with van der Waals surface area (Å²) in [7, 11) is 12.9. The molecule has 0 aromatic carbocycles. The molecule has 0 rings (SSSR count). The Morgan fingerprint density at radius 2 is 0.429 bits per heavy atom. The predicted octanol–water partition coefficient (Wildman–Crippen LogP) is 7.61. The van der Waals surface area contributed by atoms with Gasteiger partial charge in [-0.05, 0) is 42.3 Å². The Labute approximate surface area is 190 Å². The van der Waals surface area contributed by atoms with Crippen molar-refractivity contribution in [2.75, 3.05) is 81.6 Å². The van der Waals surface area contributed by atoms with Crippen molar-refractivity contribution in [2.45, 2.75) is 89.1 Å². The Kier molecular flexibility index (Phi) is 183. The monoisotopic (exact) mass is 423 g/mol. The molecule has 0 spiro atoms. The van der Waals surface area contributed by atoms with Crippen molar-refractivity contribution in [3.63, 3.8) is 0 Å². The topological polar surface area (TPSA) is 13.0 Å². The zero-order valence-corrected chi connectivity index (χ0v) is 12.0. The largest absolute Gasteiger partial charge is 0.308 e. The molecule has 28 heavy (non-hydrogen) atoms. The van der Waals surface area contributed by atoms with Crippen LogP contribution in [0.5, 0.6) is 0 Å². The maximum atomic E-state index is 2.40. The van der Waals surface area contributed by atoms with E-state index in [1.165, 1.54) is 0 Å². The quantitative estimate of drug-likeness (QED) is 0.379. The lowest BCUT2D eigenvalue weighted by Gasteiger charge is -2.24. The summed E-state index contributed by atoms with van der Waals surface area (Å²) in [4.78, 5) is 9.25. The molecule has 0 amide bonds. The second-order valence-electron chi connectivity index (χ2n) is 5.21. The summed E-state index contributed by atoms with van der Waals surface area (Å²) in [5, 5.41) is 0. The fraction of sp³-hybridized carbons (Fsp3) is 1.00. The Bertz CT molecular complexity index is 145. The van der Waals surface area contributed by atoms with E-state index in [4.69, 9.17) is 0 Å². The van der Waals surface area contributed by atoms with Gasteiger partial charge in [-0.2, -0.15) is 0 Å². The van der Waals surface area contributed by atoms with E-state index in [0.29, 0.717) is 0 Å². The Balaban J connectivity index is -0.0000000170. The first-order valence-corrected chi connectivity index (χ1v) is 6.08. The Hall–Kier alpha value is -0.160. The Morgan fingerprint density at radius 3 is 0.571 bits per heavy atom. The third-order valence-corrected chi connectivity index (χ3v) is 2.72. The van der Waals surface area contributed by atoms with Gasteiger partial charge in [-0.15, -0.1) is 0 Å². The number of nitrogens with zero attached hydrogens (tertiary/aromatic N) is 4. The summed E-state index contributed by atoms with van der Waals surface area (Å²) in [5.41, 5.74) is 0. The van der Waals surface area contributed by atoms with E-state index in [0.717, 1.165) is 39.3 Å². The van der Waals surface area contributed by atoms with Gasteiger partial charge in [0.2, 0.25) is 0 Å². The van der Waals surface area contributed by atoms with E-state index in [9.17, 15) is 0 Å². The van der Waals surface area contributed by atoms with Gasteiger partial charge in [0.05, 0.1) is 0 Å². The number of hydrogen-bond donors (Lipinski definition) is 0. The lowest BCUT2D eigenvalue weighted by atomic mass is 10.4. The second kappa shape index (κ2) is 56.3. The molecule has 0 saturated heterocycles. The lowest BCUT2D eigenvalue weighted by molar-refractivity contribution is 0.225. The van der Waals surface area contributed by atoms with E-state index in [1.54, 1.807) is 0 Å². The zero-order chi connectivity index (χ0) is 12.6. The minimum absolute atomic E-state index is 0. The summed E-state index contributed by atoms with van der Waals surface area (Å²) >= 11 is 0. The van der Waals surface area contributed by atoms with E-state index in [-0.39, 0.29) is 89.1 Å². The fourth-order valence-electron chi connectivity index (χ4n) is 1.31. The highest BCUT2D eigenvalue weighted by Gasteiger charge is 2.02. The van der Waals surface area contributed by atoms with Gasteiger partial charge in [-0.25, -0.2) is 0 Å². The van der Waals surface area contributed by atoms with Gasteiger partial charge >= 0.3 is 0 Å². The third kappa shape index (κ3) is 72.4. The summed E-state index contributed by atoms with van der Waals surface area (Å²) < 4.78 is 0. The van der Waals surface area contributed by atoms with Crippen molar-refractivity contribution >= 4 is 0 Å². The molecule has 4 nitrogen and oxygen atoms in total. The third-order valence-electron chi connectivity index (χ3n) is 2.72. The molecule has 0 aromatic heterocycles. The van der Waals surface area contributed by atoms with Crippen molar-refractivity contribution < 1.29 is 0 Å². The predicted molar refractivity (Wildman–Crippen MR) is 153 cm³/mol. The van der Waals surface area contributed by atoms with Crippen molar-refractivity contribution in [1.82, 2.24) is 19.6 Å². The van der Waals surface area contributed by atoms with Crippen molar-refractivity contribution in [2.24, 2.45) is 0 Å². The van der Waals surface area contributed by atoms with Crippen LogP contribution in [-0.4, -0.2) is 101 Å². The van der Waals surface area contributed by atoms with Crippen LogP contribution in [0, 0.1) is 0 Å². The molecule has 0 saturated carbocycles. The van der Waals surface area contributed by atoms with E-state index in [2.05, 4.69) is 61.9 Å². The van der Waals surface area contributed by atoms with Gasteiger partial charge in [0.15, 0.2) is 0 Å². The molecule has 0 fully saturated rings. The summed E-state index contributed by atoms with van der Waals surface area (Å²) in [6.07, 6.45) is 0. The lowest BCUT2D eigenvalue weighted by Crippen LogP contribution is -2.37. The highest BCUT2D eigenvalue weighted by molar-refractivity contribution is 4.59. The number of likely N-dealkylation sites (N-methyl/N-ethyl adjacent to an activating group) is 4. The van der Waals surface area contributed by atoms with Crippen LogP contribution in [0.25, 0.3) is 0 Å². The fourth-order valence-corrected chi connectivity index (χ4v) is 1.31. The van der Waals surface area contributed by atoms with Crippen LogP contribution in [-0.2, 0) is 0 Å². The molecule has 0 unspecified atom stereocenters. The Morgan fingerprint density at radius 1 is 0.286 bits per heavy atom. The van der Waals surface area contributed by atoms with Crippen LogP contribution in [0.3, 0.4) is 0 Å². The highest BCUT2D eigenvalue weighted by atomic mass is 15.2. The number of hydrogen-bond acceptors (Lipinski definition) is 4. The molecule has 0 aromatic rings. The first-order chi connectivity index (χ1) is 7.41. The molecule has 0 aliphatic carbocycles. The van der Waals surface area contributed by atoms with Gasteiger partial charge in [0.1, 0.15) is 0 Å². The first kappa shape index (κ1) is 91.1. The molecule has 4 heteroatoms. The summed E-state index contributed by atoms with van der Waals surface area (Å²) in [5.74, 6) is 0. The normalized spacial score (nSPS) is 7.07. The van der Waals surface area contributed by atoms with Gasteiger partial charge < -0.3 is 19.6 Å².